The highest BCUT2D eigenvalue weighted by atomic mass is 79.9. The van der Waals surface area contributed by atoms with Crippen molar-refractivity contribution in [2.45, 2.75) is 12.8 Å². The second-order valence-corrected chi connectivity index (χ2v) is 6.46. The van der Waals surface area contributed by atoms with E-state index < -0.39 is 0 Å². The van der Waals surface area contributed by atoms with Crippen LogP contribution in [0.1, 0.15) is 18.4 Å². The lowest BCUT2D eigenvalue weighted by Gasteiger charge is -2.31. The number of benzene rings is 1. The summed E-state index contributed by atoms with van der Waals surface area (Å²) in [5.74, 6) is 7.04. The summed E-state index contributed by atoms with van der Waals surface area (Å²) in [6, 6.07) is 11.5. The first kappa shape index (κ1) is 16.6. The molecule has 0 bridgehead atoms. The predicted octanol–water partition coefficient (Wildman–Crippen LogP) is 4.33. The van der Waals surface area contributed by atoms with Gasteiger partial charge in [0.15, 0.2) is 5.82 Å². The Morgan fingerprint density at radius 2 is 2.04 bits per heavy atom. The summed E-state index contributed by atoms with van der Waals surface area (Å²) in [5, 5.41) is 11.0. The normalized spacial score (nSPS) is 13.9. The van der Waals surface area contributed by atoms with Crippen molar-refractivity contribution < 1.29 is 0 Å². The lowest BCUT2D eigenvalue weighted by atomic mass is 10.0. The van der Waals surface area contributed by atoms with Gasteiger partial charge in [0.25, 0.3) is 0 Å². The van der Waals surface area contributed by atoms with E-state index in [0.717, 1.165) is 41.8 Å². The van der Waals surface area contributed by atoms with Gasteiger partial charge in [-0.05, 0) is 49.2 Å². The van der Waals surface area contributed by atoms with Crippen LogP contribution in [0.15, 0.2) is 58.7 Å². The SMILES string of the molecule is [O-]Nc1cccnc1N1CCC(=CC#Cc2cccc(Br)c2)CC1. The zero-order valence-corrected chi connectivity index (χ0v) is 14.7. The molecule has 1 aromatic heterocycles. The quantitative estimate of drug-likeness (QED) is 0.620. The lowest BCUT2D eigenvalue weighted by molar-refractivity contribution is 0.678. The number of hydrogen-bond acceptors (Lipinski definition) is 4. The van der Waals surface area contributed by atoms with Gasteiger partial charge >= 0.3 is 0 Å². The van der Waals surface area contributed by atoms with Crippen LogP contribution in [-0.4, -0.2) is 18.1 Å². The largest absolute Gasteiger partial charge is 0.761 e. The Balaban J connectivity index is 1.63. The molecule has 0 saturated carbocycles. The molecule has 1 fully saturated rings. The van der Waals surface area contributed by atoms with Gasteiger partial charge in [0.05, 0.1) is 5.69 Å². The van der Waals surface area contributed by atoms with Crippen molar-refractivity contribution in [2.75, 3.05) is 23.5 Å². The van der Waals surface area contributed by atoms with E-state index in [1.165, 1.54) is 5.57 Å². The number of aromatic nitrogens is 1. The molecule has 1 N–H and O–H groups in total. The second kappa shape index (κ2) is 8.00. The van der Waals surface area contributed by atoms with E-state index in [9.17, 15) is 5.21 Å². The summed E-state index contributed by atoms with van der Waals surface area (Å²) < 4.78 is 1.04. The summed E-state index contributed by atoms with van der Waals surface area (Å²) in [7, 11) is 0. The summed E-state index contributed by atoms with van der Waals surface area (Å²) in [6.45, 7) is 1.69. The fraction of sp³-hybridized carbons (Fsp3) is 0.211. The molecule has 0 unspecified atom stereocenters. The van der Waals surface area contributed by atoms with Crippen LogP contribution in [0.4, 0.5) is 11.5 Å². The first-order chi connectivity index (χ1) is 11.8. The summed E-state index contributed by atoms with van der Waals surface area (Å²) >= 11 is 3.45. The van der Waals surface area contributed by atoms with E-state index in [1.54, 1.807) is 18.3 Å². The van der Waals surface area contributed by atoms with Gasteiger partial charge in [0, 0.05) is 29.3 Å². The van der Waals surface area contributed by atoms with Crippen molar-refractivity contribution in [3.8, 4) is 11.8 Å². The van der Waals surface area contributed by atoms with E-state index in [1.807, 2.05) is 35.8 Å². The highest BCUT2D eigenvalue weighted by Gasteiger charge is 2.16. The molecule has 1 aliphatic rings. The number of halogens is 1. The molecule has 24 heavy (non-hydrogen) atoms. The zero-order valence-electron chi connectivity index (χ0n) is 13.1. The summed E-state index contributed by atoms with van der Waals surface area (Å²) in [6.07, 6.45) is 5.60. The monoisotopic (exact) mass is 382 g/mol. The van der Waals surface area contributed by atoms with Crippen LogP contribution in [0.3, 0.4) is 0 Å². The molecule has 122 valence electrons. The van der Waals surface area contributed by atoms with Crippen molar-refractivity contribution in [1.29, 1.82) is 0 Å². The average Bonchev–Trinajstić information content (AvgIpc) is 2.62. The molecule has 0 aliphatic carbocycles. The highest BCUT2D eigenvalue weighted by molar-refractivity contribution is 9.10. The summed E-state index contributed by atoms with van der Waals surface area (Å²) in [5.41, 5.74) is 4.83. The maximum absolute atomic E-state index is 11.0. The van der Waals surface area contributed by atoms with Crippen LogP contribution in [0.2, 0.25) is 0 Å². The second-order valence-electron chi connectivity index (χ2n) is 5.55. The van der Waals surface area contributed by atoms with E-state index in [2.05, 4.69) is 37.7 Å². The van der Waals surface area contributed by atoms with Crippen LogP contribution < -0.4 is 10.4 Å². The van der Waals surface area contributed by atoms with E-state index in [4.69, 9.17) is 0 Å². The Morgan fingerprint density at radius 1 is 1.21 bits per heavy atom. The minimum atomic E-state index is 0.527. The maximum Gasteiger partial charge on any atom is 0.151 e. The molecule has 0 atom stereocenters. The van der Waals surface area contributed by atoms with E-state index >= 15 is 0 Å². The number of nitrogens with zero attached hydrogens (tertiary/aromatic N) is 2. The van der Waals surface area contributed by atoms with Crippen LogP contribution >= 0.6 is 15.9 Å². The lowest BCUT2D eigenvalue weighted by Crippen LogP contribution is -2.31. The Hall–Kier alpha value is -2.29. The molecule has 0 spiro atoms. The zero-order chi connectivity index (χ0) is 16.8. The molecule has 0 radical (unpaired) electrons. The molecule has 3 rings (SSSR count). The van der Waals surface area contributed by atoms with Gasteiger partial charge in [-0.1, -0.05) is 39.4 Å². The van der Waals surface area contributed by atoms with Crippen molar-refractivity contribution in [3.05, 3.63) is 69.5 Å². The molecule has 2 aromatic rings. The van der Waals surface area contributed by atoms with Crippen molar-refractivity contribution >= 4 is 27.4 Å². The summed E-state index contributed by atoms with van der Waals surface area (Å²) in [4.78, 5) is 6.46. The standard InChI is InChI=1S/C19H17BrN3O/c20-17-7-2-6-16(14-17)5-1-4-15-9-12-23(13-10-15)19-18(22-24)8-3-11-21-19/h2-4,6-8,11,14,22H,9-10,12-13H2/q-1. The van der Waals surface area contributed by atoms with Gasteiger partial charge < -0.3 is 15.6 Å². The topological polar surface area (TPSA) is 51.2 Å². The van der Waals surface area contributed by atoms with E-state index in [-0.39, 0.29) is 0 Å². The Labute approximate surface area is 150 Å². The fourth-order valence-electron chi connectivity index (χ4n) is 2.67. The van der Waals surface area contributed by atoms with Gasteiger partial charge in [0.2, 0.25) is 0 Å². The third-order valence-corrected chi connectivity index (χ3v) is 4.41. The molecule has 2 heterocycles. The smallest absolute Gasteiger partial charge is 0.151 e. The maximum atomic E-state index is 11.0. The first-order valence-electron chi connectivity index (χ1n) is 7.79. The molecule has 4 nitrogen and oxygen atoms in total. The van der Waals surface area contributed by atoms with Crippen LogP contribution in [-0.2, 0) is 0 Å². The molecule has 5 heteroatoms. The molecule has 1 saturated heterocycles. The van der Waals surface area contributed by atoms with Gasteiger partial charge in [-0.15, -0.1) is 0 Å². The Bertz CT molecular complexity index is 797. The first-order valence-corrected chi connectivity index (χ1v) is 8.59. The number of hydrogen-bond donors (Lipinski definition) is 1. The van der Waals surface area contributed by atoms with Gasteiger partial charge in [-0.3, -0.25) is 0 Å². The molecule has 1 aromatic carbocycles. The van der Waals surface area contributed by atoms with Crippen molar-refractivity contribution in [3.63, 3.8) is 0 Å². The van der Waals surface area contributed by atoms with Gasteiger partial charge in [0.1, 0.15) is 0 Å². The third kappa shape index (κ3) is 4.16. The Morgan fingerprint density at radius 3 is 2.79 bits per heavy atom. The van der Waals surface area contributed by atoms with E-state index in [0.29, 0.717) is 5.69 Å². The molecule has 1 aliphatic heterocycles. The Kier molecular flexibility index (Phi) is 5.52. The van der Waals surface area contributed by atoms with Gasteiger partial charge in [-0.25, -0.2) is 4.98 Å². The molecular formula is C19H17BrN3O-. The number of allylic oxidation sites excluding steroid dienone is 1. The highest BCUT2D eigenvalue weighted by Crippen LogP contribution is 2.27. The van der Waals surface area contributed by atoms with Crippen LogP contribution in [0.5, 0.6) is 0 Å². The number of pyridine rings is 1. The van der Waals surface area contributed by atoms with Crippen LogP contribution in [0, 0.1) is 17.0 Å². The van der Waals surface area contributed by atoms with Gasteiger partial charge in [-0.2, -0.15) is 0 Å². The number of rotatable bonds is 2. The van der Waals surface area contributed by atoms with Crippen molar-refractivity contribution in [2.24, 2.45) is 0 Å². The molecule has 0 amide bonds. The fourth-order valence-corrected chi connectivity index (χ4v) is 3.07. The number of nitrogens with one attached hydrogen (secondary N) is 1. The average molecular weight is 383 g/mol. The predicted molar refractivity (Wildman–Crippen MR) is 102 cm³/mol. The minimum Gasteiger partial charge on any atom is -0.761 e. The van der Waals surface area contributed by atoms with Crippen molar-refractivity contribution in [1.82, 2.24) is 4.98 Å². The number of piperidine rings is 1. The molecular weight excluding hydrogens is 366 g/mol. The number of anilines is 2. The third-order valence-electron chi connectivity index (χ3n) is 3.92. The van der Waals surface area contributed by atoms with Crippen LogP contribution in [0.25, 0.3) is 0 Å². The minimum absolute atomic E-state index is 0.527.